The van der Waals surface area contributed by atoms with Crippen LogP contribution in [0.15, 0.2) is 23.1 Å². The maximum atomic E-state index is 11.7. The maximum Gasteiger partial charge on any atom is 0.238 e. The van der Waals surface area contributed by atoms with Crippen LogP contribution in [-0.2, 0) is 21.2 Å². The van der Waals surface area contributed by atoms with Gasteiger partial charge in [0.25, 0.3) is 0 Å². The van der Waals surface area contributed by atoms with Gasteiger partial charge in [0.05, 0.1) is 24.7 Å². The zero-order valence-electron chi connectivity index (χ0n) is 13.0. The van der Waals surface area contributed by atoms with E-state index in [2.05, 4.69) is 4.90 Å². The first-order chi connectivity index (χ1) is 10.5. The fraction of sp³-hybridized carbons (Fsp3) is 0.600. The van der Waals surface area contributed by atoms with Gasteiger partial charge in [0.2, 0.25) is 10.0 Å². The molecule has 124 valence electrons. The molecule has 2 rings (SSSR count). The SMILES string of the molecule is CCCOc1ccc(S(N)(=O)=O)c(CCN2CCOCC2)c1. The molecule has 1 heterocycles. The highest BCUT2D eigenvalue weighted by Gasteiger charge is 2.17. The van der Waals surface area contributed by atoms with Gasteiger partial charge in [-0.3, -0.25) is 4.90 Å². The third-order valence-corrected chi connectivity index (χ3v) is 4.62. The zero-order chi connectivity index (χ0) is 16.0. The van der Waals surface area contributed by atoms with Crippen molar-refractivity contribution in [1.29, 1.82) is 0 Å². The predicted molar refractivity (Wildman–Crippen MR) is 84.6 cm³/mol. The van der Waals surface area contributed by atoms with Crippen LogP contribution in [0.1, 0.15) is 18.9 Å². The molecule has 1 aromatic carbocycles. The van der Waals surface area contributed by atoms with E-state index in [4.69, 9.17) is 14.6 Å². The molecule has 0 aromatic heterocycles. The third kappa shape index (κ3) is 4.95. The smallest absolute Gasteiger partial charge is 0.238 e. The number of ether oxygens (including phenoxy) is 2. The summed E-state index contributed by atoms with van der Waals surface area (Å²) >= 11 is 0. The monoisotopic (exact) mass is 328 g/mol. The number of rotatable bonds is 7. The molecule has 0 saturated carbocycles. The van der Waals surface area contributed by atoms with Crippen LogP contribution in [0.25, 0.3) is 0 Å². The highest BCUT2D eigenvalue weighted by molar-refractivity contribution is 7.89. The zero-order valence-corrected chi connectivity index (χ0v) is 13.8. The molecule has 0 spiro atoms. The Morgan fingerprint density at radius 1 is 1.32 bits per heavy atom. The van der Waals surface area contributed by atoms with E-state index >= 15 is 0 Å². The number of hydrogen-bond donors (Lipinski definition) is 1. The summed E-state index contributed by atoms with van der Waals surface area (Å²) < 4.78 is 34.4. The first-order valence-corrected chi connectivity index (χ1v) is 9.14. The summed E-state index contributed by atoms with van der Waals surface area (Å²) in [5.41, 5.74) is 0.711. The van der Waals surface area contributed by atoms with Gasteiger partial charge in [0.1, 0.15) is 5.75 Å². The van der Waals surface area contributed by atoms with Crippen LogP contribution in [0, 0.1) is 0 Å². The van der Waals surface area contributed by atoms with Crippen molar-refractivity contribution in [2.45, 2.75) is 24.7 Å². The lowest BCUT2D eigenvalue weighted by molar-refractivity contribution is 0.0383. The van der Waals surface area contributed by atoms with Gasteiger partial charge in [-0.05, 0) is 36.6 Å². The minimum atomic E-state index is -3.72. The minimum absolute atomic E-state index is 0.185. The van der Waals surface area contributed by atoms with Gasteiger partial charge in [-0.2, -0.15) is 0 Å². The molecule has 0 radical (unpaired) electrons. The van der Waals surface area contributed by atoms with E-state index in [9.17, 15) is 8.42 Å². The molecule has 0 unspecified atom stereocenters. The van der Waals surface area contributed by atoms with E-state index < -0.39 is 10.0 Å². The van der Waals surface area contributed by atoms with Gasteiger partial charge in [0, 0.05) is 19.6 Å². The Balaban J connectivity index is 2.13. The van der Waals surface area contributed by atoms with Crippen molar-refractivity contribution in [2.75, 3.05) is 39.5 Å². The van der Waals surface area contributed by atoms with Crippen molar-refractivity contribution in [2.24, 2.45) is 5.14 Å². The molecule has 1 aliphatic rings. The number of morpholine rings is 1. The summed E-state index contributed by atoms with van der Waals surface area (Å²) in [4.78, 5) is 2.44. The van der Waals surface area contributed by atoms with Crippen molar-refractivity contribution >= 4 is 10.0 Å². The average molecular weight is 328 g/mol. The molecule has 1 aromatic rings. The van der Waals surface area contributed by atoms with Crippen LogP contribution in [0.2, 0.25) is 0 Å². The number of benzene rings is 1. The van der Waals surface area contributed by atoms with Gasteiger partial charge in [0.15, 0.2) is 0 Å². The van der Waals surface area contributed by atoms with Crippen LogP contribution in [0.5, 0.6) is 5.75 Å². The molecule has 0 bridgehead atoms. The second-order valence-electron chi connectivity index (χ2n) is 5.37. The summed E-state index contributed by atoms with van der Waals surface area (Å²) in [5.74, 6) is 0.686. The molecule has 0 aliphatic carbocycles. The molecule has 1 fully saturated rings. The lowest BCUT2D eigenvalue weighted by Gasteiger charge is -2.26. The normalized spacial score (nSPS) is 16.6. The van der Waals surface area contributed by atoms with Crippen LogP contribution in [0.3, 0.4) is 0 Å². The highest BCUT2D eigenvalue weighted by atomic mass is 32.2. The number of nitrogens with two attached hydrogens (primary N) is 1. The molecular formula is C15H24N2O4S. The van der Waals surface area contributed by atoms with E-state index in [1.165, 1.54) is 6.07 Å². The molecule has 22 heavy (non-hydrogen) atoms. The molecular weight excluding hydrogens is 304 g/mol. The Morgan fingerprint density at radius 3 is 2.68 bits per heavy atom. The fourth-order valence-electron chi connectivity index (χ4n) is 2.44. The molecule has 0 amide bonds. The average Bonchev–Trinajstić information content (AvgIpc) is 2.51. The Morgan fingerprint density at radius 2 is 2.05 bits per heavy atom. The lowest BCUT2D eigenvalue weighted by Crippen LogP contribution is -2.37. The van der Waals surface area contributed by atoms with Crippen LogP contribution >= 0.6 is 0 Å². The number of hydrogen-bond acceptors (Lipinski definition) is 5. The van der Waals surface area contributed by atoms with Crippen molar-refractivity contribution < 1.29 is 17.9 Å². The van der Waals surface area contributed by atoms with Crippen LogP contribution in [0.4, 0.5) is 0 Å². The second-order valence-corrected chi connectivity index (χ2v) is 6.90. The van der Waals surface area contributed by atoms with Gasteiger partial charge in [-0.1, -0.05) is 6.92 Å². The standard InChI is InChI=1S/C15H24N2O4S/c1-2-9-21-14-3-4-15(22(16,18)19)13(12-14)5-6-17-7-10-20-11-8-17/h3-4,12H,2,5-11H2,1H3,(H2,16,18,19). The largest absolute Gasteiger partial charge is 0.494 e. The van der Waals surface area contributed by atoms with Crippen LogP contribution in [-0.4, -0.2) is 52.8 Å². The number of nitrogens with zero attached hydrogens (tertiary/aromatic N) is 1. The van der Waals surface area contributed by atoms with Crippen LogP contribution < -0.4 is 9.88 Å². The first-order valence-electron chi connectivity index (χ1n) is 7.59. The number of primary sulfonamides is 1. The van der Waals surface area contributed by atoms with E-state index in [1.54, 1.807) is 12.1 Å². The molecule has 1 saturated heterocycles. The van der Waals surface area contributed by atoms with Crippen molar-refractivity contribution in [3.63, 3.8) is 0 Å². The topological polar surface area (TPSA) is 81.9 Å². The Labute approximate surface area is 132 Å². The molecule has 0 atom stereocenters. The highest BCUT2D eigenvalue weighted by Crippen LogP contribution is 2.22. The Bertz CT molecular complexity index is 583. The Kier molecular flexibility index (Phi) is 6.19. The van der Waals surface area contributed by atoms with E-state index in [-0.39, 0.29) is 4.90 Å². The molecule has 1 aliphatic heterocycles. The van der Waals surface area contributed by atoms with Crippen molar-refractivity contribution in [3.8, 4) is 5.75 Å². The van der Waals surface area contributed by atoms with E-state index in [0.29, 0.717) is 24.3 Å². The first kappa shape index (κ1) is 17.2. The summed E-state index contributed by atoms with van der Waals surface area (Å²) in [6.07, 6.45) is 1.52. The van der Waals surface area contributed by atoms with E-state index in [1.807, 2.05) is 6.92 Å². The number of sulfonamides is 1. The maximum absolute atomic E-state index is 11.7. The second kappa shape index (κ2) is 7.92. The van der Waals surface area contributed by atoms with Crippen molar-refractivity contribution in [1.82, 2.24) is 4.90 Å². The molecule has 6 nitrogen and oxygen atoms in total. The molecule has 7 heteroatoms. The predicted octanol–water partition coefficient (Wildman–Crippen LogP) is 0.998. The minimum Gasteiger partial charge on any atom is -0.494 e. The summed E-state index contributed by atoms with van der Waals surface area (Å²) in [6, 6.07) is 4.98. The quantitative estimate of drug-likeness (QED) is 0.807. The Hall–Kier alpha value is -1.15. The van der Waals surface area contributed by atoms with Crippen molar-refractivity contribution in [3.05, 3.63) is 23.8 Å². The fourth-order valence-corrected chi connectivity index (χ4v) is 3.23. The van der Waals surface area contributed by atoms with E-state index in [0.717, 1.165) is 39.3 Å². The van der Waals surface area contributed by atoms with Gasteiger partial charge >= 0.3 is 0 Å². The molecule has 2 N–H and O–H groups in total. The van der Waals surface area contributed by atoms with Gasteiger partial charge in [-0.25, -0.2) is 13.6 Å². The third-order valence-electron chi connectivity index (χ3n) is 3.61. The summed E-state index contributed by atoms with van der Waals surface area (Å²) in [7, 11) is -3.72. The van der Waals surface area contributed by atoms with Gasteiger partial charge in [-0.15, -0.1) is 0 Å². The van der Waals surface area contributed by atoms with Gasteiger partial charge < -0.3 is 9.47 Å². The summed E-state index contributed by atoms with van der Waals surface area (Å²) in [5, 5.41) is 5.31. The summed E-state index contributed by atoms with van der Waals surface area (Å²) in [6.45, 7) is 6.61. The lowest BCUT2D eigenvalue weighted by atomic mass is 10.1.